The van der Waals surface area contributed by atoms with Crippen molar-refractivity contribution in [2.24, 2.45) is 0 Å². The van der Waals surface area contributed by atoms with E-state index < -0.39 is 11.6 Å². The molecular weight excluding hydrogens is 278 g/mol. The van der Waals surface area contributed by atoms with E-state index in [9.17, 15) is 13.9 Å². The predicted molar refractivity (Wildman–Crippen MR) is 61.2 cm³/mol. The van der Waals surface area contributed by atoms with Crippen molar-refractivity contribution in [2.45, 2.75) is 0 Å². The van der Waals surface area contributed by atoms with E-state index in [1.54, 1.807) is 6.07 Å². The molecule has 0 aliphatic rings. The van der Waals surface area contributed by atoms with Gasteiger partial charge in [-0.15, -0.1) is 0 Å². The van der Waals surface area contributed by atoms with Crippen LogP contribution in [0.25, 0.3) is 11.1 Å². The lowest BCUT2D eigenvalue weighted by Gasteiger charge is -2.05. The molecule has 1 N–H and O–H groups in total. The molecule has 0 radical (unpaired) electrons. The highest BCUT2D eigenvalue weighted by Crippen LogP contribution is 2.29. The largest absolute Gasteiger partial charge is 0.508 e. The van der Waals surface area contributed by atoms with Gasteiger partial charge in [0.25, 0.3) is 0 Å². The summed E-state index contributed by atoms with van der Waals surface area (Å²) in [7, 11) is 0. The summed E-state index contributed by atoms with van der Waals surface area (Å²) >= 11 is 3.19. The molecule has 0 saturated carbocycles. The van der Waals surface area contributed by atoms with Crippen molar-refractivity contribution in [1.82, 2.24) is 0 Å². The van der Waals surface area contributed by atoms with Gasteiger partial charge in [0.1, 0.15) is 17.4 Å². The lowest BCUT2D eigenvalue weighted by Crippen LogP contribution is -1.86. The van der Waals surface area contributed by atoms with Crippen molar-refractivity contribution in [3.05, 3.63) is 52.5 Å². The van der Waals surface area contributed by atoms with Gasteiger partial charge in [0.2, 0.25) is 0 Å². The summed E-state index contributed by atoms with van der Waals surface area (Å²) in [5.41, 5.74) is 0.738. The maximum absolute atomic E-state index is 13.5. The second-order valence-corrected chi connectivity index (χ2v) is 4.24. The SMILES string of the molecule is Oc1cc(Br)cc(-c2ccc(F)cc2F)c1. The molecule has 16 heavy (non-hydrogen) atoms. The summed E-state index contributed by atoms with van der Waals surface area (Å²) < 4.78 is 26.8. The van der Waals surface area contributed by atoms with E-state index in [-0.39, 0.29) is 11.3 Å². The van der Waals surface area contributed by atoms with Gasteiger partial charge in [-0.05, 0) is 35.9 Å². The molecule has 1 nitrogen and oxygen atoms in total. The summed E-state index contributed by atoms with van der Waals surface area (Å²) in [5.74, 6) is -1.26. The molecule has 0 unspecified atom stereocenters. The van der Waals surface area contributed by atoms with E-state index in [0.717, 1.165) is 6.07 Å². The first kappa shape index (κ1) is 11.1. The molecule has 0 amide bonds. The maximum atomic E-state index is 13.5. The Morgan fingerprint density at radius 3 is 2.38 bits per heavy atom. The van der Waals surface area contributed by atoms with Crippen molar-refractivity contribution in [2.75, 3.05) is 0 Å². The van der Waals surface area contributed by atoms with Crippen LogP contribution in [-0.2, 0) is 0 Å². The Morgan fingerprint density at radius 1 is 1.00 bits per heavy atom. The van der Waals surface area contributed by atoms with Crippen molar-refractivity contribution in [1.29, 1.82) is 0 Å². The van der Waals surface area contributed by atoms with Crippen molar-refractivity contribution >= 4 is 15.9 Å². The number of halogens is 3. The summed E-state index contributed by atoms with van der Waals surface area (Å²) in [5, 5.41) is 9.37. The lowest BCUT2D eigenvalue weighted by molar-refractivity contribution is 0.475. The van der Waals surface area contributed by atoms with E-state index in [0.29, 0.717) is 10.0 Å². The van der Waals surface area contributed by atoms with Gasteiger partial charge in [0.15, 0.2) is 0 Å². The van der Waals surface area contributed by atoms with Gasteiger partial charge in [0, 0.05) is 16.1 Å². The van der Waals surface area contributed by atoms with Gasteiger partial charge in [0.05, 0.1) is 0 Å². The molecule has 0 fully saturated rings. The molecule has 0 bridgehead atoms. The smallest absolute Gasteiger partial charge is 0.133 e. The molecule has 82 valence electrons. The van der Waals surface area contributed by atoms with Crippen LogP contribution < -0.4 is 0 Å². The first-order valence-corrected chi connectivity index (χ1v) is 5.30. The van der Waals surface area contributed by atoms with Crippen LogP contribution >= 0.6 is 15.9 Å². The summed E-state index contributed by atoms with van der Waals surface area (Å²) in [6, 6.07) is 7.89. The van der Waals surface area contributed by atoms with E-state index in [4.69, 9.17) is 0 Å². The maximum Gasteiger partial charge on any atom is 0.133 e. The third-order valence-corrected chi connectivity index (χ3v) is 2.58. The highest BCUT2D eigenvalue weighted by molar-refractivity contribution is 9.10. The molecule has 2 aromatic rings. The average Bonchev–Trinajstić information content (AvgIpc) is 2.15. The molecule has 0 aliphatic heterocycles. The number of rotatable bonds is 1. The fourth-order valence-electron chi connectivity index (χ4n) is 1.45. The summed E-state index contributed by atoms with van der Waals surface area (Å²) in [6.07, 6.45) is 0. The summed E-state index contributed by atoms with van der Waals surface area (Å²) in [6.45, 7) is 0. The van der Waals surface area contributed by atoms with E-state index in [2.05, 4.69) is 15.9 Å². The Bertz CT molecular complexity index is 520. The molecule has 0 aliphatic carbocycles. The standard InChI is InChI=1S/C12H7BrF2O/c13-8-3-7(4-10(16)5-8)11-2-1-9(14)6-12(11)15/h1-6,16H. The fourth-order valence-corrected chi connectivity index (χ4v) is 1.93. The molecule has 0 spiro atoms. The highest BCUT2D eigenvalue weighted by atomic mass is 79.9. The second-order valence-electron chi connectivity index (χ2n) is 3.32. The predicted octanol–water partition coefficient (Wildman–Crippen LogP) is 4.10. The molecule has 0 saturated heterocycles. The fraction of sp³-hybridized carbons (Fsp3) is 0. The molecule has 0 atom stereocenters. The first-order valence-electron chi connectivity index (χ1n) is 4.51. The molecule has 2 aromatic carbocycles. The van der Waals surface area contributed by atoms with Gasteiger partial charge in [-0.25, -0.2) is 8.78 Å². The van der Waals surface area contributed by atoms with Gasteiger partial charge in [-0.3, -0.25) is 0 Å². The zero-order chi connectivity index (χ0) is 11.7. The Morgan fingerprint density at radius 2 is 1.75 bits per heavy atom. The topological polar surface area (TPSA) is 20.2 Å². The third kappa shape index (κ3) is 2.22. The molecule has 0 heterocycles. The molecule has 4 heteroatoms. The minimum absolute atomic E-state index is 0.0214. The van der Waals surface area contributed by atoms with Crippen LogP contribution in [0.2, 0.25) is 0 Å². The quantitative estimate of drug-likeness (QED) is 0.836. The number of hydrogen-bond donors (Lipinski definition) is 1. The average molecular weight is 285 g/mol. The Kier molecular flexibility index (Phi) is 2.92. The highest BCUT2D eigenvalue weighted by Gasteiger charge is 2.08. The molecule has 0 aromatic heterocycles. The van der Waals surface area contributed by atoms with Crippen LogP contribution in [-0.4, -0.2) is 5.11 Å². The Labute approximate surface area is 99.5 Å². The zero-order valence-corrected chi connectivity index (χ0v) is 9.63. The lowest BCUT2D eigenvalue weighted by atomic mass is 10.0. The number of phenols is 1. The number of aromatic hydroxyl groups is 1. The van der Waals surface area contributed by atoms with Crippen LogP contribution in [0.5, 0.6) is 5.75 Å². The van der Waals surface area contributed by atoms with Crippen molar-refractivity contribution in [3.8, 4) is 16.9 Å². The van der Waals surface area contributed by atoms with Crippen molar-refractivity contribution in [3.63, 3.8) is 0 Å². The van der Waals surface area contributed by atoms with Crippen molar-refractivity contribution < 1.29 is 13.9 Å². The minimum atomic E-state index is -0.655. The van der Waals surface area contributed by atoms with Crippen LogP contribution in [0.3, 0.4) is 0 Å². The van der Waals surface area contributed by atoms with Crippen LogP contribution in [0.4, 0.5) is 8.78 Å². The van der Waals surface area contributed by atoms with E-state index in [1.165, 1.54) is 24.3 Å². The summed E-state index contributed by atoms with van der Waals surface area (Å²) in [4.78, 5) is 0. The number of phenolic OH excluding ortho intramolecular Hbond substituents is 1. The Hall–Kier alpha value is -1.42. The van der Waals surface area contributed by atoms with Gasteiger partial charge in [-0.1, -0.05) is 15.9 Å². The molecular formula is C12H7BrF2O. The number of hydrogen-bond acceptors (Lipinski definition) is 1. The first-order chi connectivity index (χ1) is 7.56. The zero-order valence-electron chi connectivity index (χ0n) is 8.05. The van der Waals surface area contributed by atoms with E-state index in [1.807, 2.05) is 0 Å². The second kappa shape index (κ2) is 4.22. The van der Waals surface area contributed by atoms with Gasteiger partial charge < -0.3 is 5.11 Å². The third-order valence-electron chi connectivity index (χ3n) is 2.12. The number of benzene rings is 2. The van der Waals surface area contributed by atoms with E-state index >= 15 is 0 Å². The van der Waals surface area contributed by atoms with Crippen LogP contribution in [0, 0.1) is 11.6 Å². The molecule has 2 rings (SSSR count). The van der Waals surface area contributed by atoms with Gasteiger partial charge >= 0.3 is 0 Å². The Balaban J connectivity index is 2.58. The normalized spacial score (nSPS) is 10.4. The van der Waals surface area contributed by atoms with Gasteiger partial charge in [-0.2, -0.15) is 0 Å². The van der Waals surface area contributed by atoms with Crippen LogP contribution in [0.1, 0.15) is 0 Å². The monoisotopic (exact) mass is 284 g/mol. The minimum Gasteiger partial charge on any atom is -0.508 e. The van der Waals surface area contributed by atoms with Crippen LogP contribution in [0.15, 0.2) is 40.9 Å².